The third-order valence-electron chi connectivity index (χ3n) is 5.77. The molecule has 6 nitrogen and oxygen atoms in total. The highest BCUT2D eigenvalue weighted by molar-refractivity contribution is 5.94. The van der Waals surface area contributed by atoms with E-state index in [0.717, 1.165) is 30.8 Å². The predicted molar refractivity (Wildman–Crippen MR) is 115 cm³/mol. The molecular formula is C24H29N3O3. The molecule has 0 aliphatic carbocycles. The van der Waals surface area contributed by atoms with Gasteiger partial charge >= 0.3 is 0 Å². The molecule has 2 aromatic rings. The normalized spacial score (nSPS) is 17.1. The summed E-state index contributed by atoms with van der Waals surface area (Å²) in [5, 5.41) is 3.03. The minimum absolute atomic E-state index is 0.0151. The van der Waals surface area contributed by atoms with Gasteiger partial charge < -0.3 is 19.9 Å². The van der Waals surface area contributed by atoms with Crippen molar-refractivity contribution in [1.82, 2.24) is 15.1 Å². The molecule has 0 radical (unpaired) electrons. The van der Waals surface area contributed by atoms with Crippen LogP contribution in [0.1, 0.15) is 40.7 Å². The lowest BCUT2D eigenvalue weighted by atomic mass is 10.1. The Kier molecular flexibility index (Phi) is 6.64. The van der Waals surface area contributed by atoms with Crippen LogP contribution in [0.15, 0.2) is 48.5 Å². The average molecular weight is 408 g/mol. The van der Waals surface area contributed by atoms with Gasteiger partial charge in [0, 0.05) is 37.3 Å². The maximum atomic E-state index is 12.6. The molecule has 2 aromatic carbocycles. The van der Waals surface area contributed by atoms with Gasteiger partial charge in [-0.15, -0.1) is 0 Å². The summed E-state index contributed by atoms with van der Waals surface area (Å²) in [6, 6.07) is 15.3. The van der Waals surface area contributed by atoms with Gasteiger partial charge in [-0.1, -0.05) is 36.8 Å². The van der Waals surface area contributed by atoms with Crippen molar-refractivity contribution in [3.63, 3.8) is 0 Å². The molecule has 0 spiro atoms. The van der Waals surface area contributed by atoms with E-state index in [0.29, 0.717) is 30.9 Å². The van der Waals surface area contributed by atoms with Crippen molar-refractivity contribution >= 4 is 11.8 Å². The number of carbonyl (C=O) groups is 2. The zero-order valence-corrected chi connectivity index (χ0v) is 17.3. The van der Waals surface area contributed by atoms with Gasteiger partial charge in [0.1, 0.15) is 5.75 Å². The Bertz CT molecular complexity index is 879. The first kappa shape index (κ1) is 20.4. The van der Waals surface area contributed by atoms with E-state index in [4.69, 9.17) is 4.74 Å². The Morgan fingerprint density at radius 3 is 2.63 bits per heavy atom. The van der Waals surface area contributed by atoms with Crippen LogP contribution in [0, 0.1) is 0 Å². The van der Waals surface area contributed by atoms with Crippen LogP contribution in [0.3, 0.4) is 0 Å². The van der Waals surface area contributed by atoms with Crippen LogP contribution in [0.5, 0.6) is 5.75 Å². The van der Waals surface area contributed by atoms with Gasteiger partial charge in [0.25, 0.3) is 11.8 Å². The summed E-state index contributed by atoms with van der Waals surface area (Å²) in [7, 11) is 0. The van der Waals surface area contributed by atoms with E-state index in [1.807, 2.05) is 36.4 Å². The van der Waals surface area contributed by atoms with Gasteiger partial charge in [0.2, 0.25) is 0 Å². The van der Waals surface area contributed by atoms with Crippen molar-refractivity contribution in [3.8, 4) is 5.75 Å². The lowest BCUT2D eigenvalue weighted by Crippen LogP contribution is -2.37. The second-order valence-corrected chi connectivity index (χ2v) is 8.00. The molecule has 0 atom stereocenters. The lowest BCUT2D eigenvalue weighted by molar-refractivity contribution is -0.133. The first-order valence-electron chi connectivity index (χ1n) is 10.8. The molecule has 2 amide bonds. The van der Waals surface area contributed by atoms with Gasteiger partial charge in [0.15, 0.2) is 6.61 Å². The second-order valence-electron chi connectivity index (χ2n) is 8.00. The van der Waals surface area contributed by atoms with Gasteiger partial charge in [-0.3, -0.25) is 9.59 Å². The van der Waals surface area contributed by atoms with Crippen molar-refractivity contribution in [3.05, 3.63) is 65.2 Å². The molecule has 4 rings (SSSR count). The Labute approximate surface area is 177 Å². The highest BCUT2D eigenvalue weighted by atomic mass is 16.5. The smallest absolute Gasteiger partial charge is 0.261 e. The minimum Gasteiger partial charge on any atom is -0.483 e. The number of hydrogen-bond donors (Lipinski definition) is 1. The molecule has 1 N–H and O–H groups in total. The summed E-state index contributed by atoms with van der Waals surface area (Å²) >= 11 is 0. The number of piperidine rings is 1. The number of carbonyl (C=O) groups excluding carboxylic acids is 2. The molecular weight excluding hydrogens is 378 g/mol. The number of likely N-dealkylation sites (tertiary alicyclic amines) is 1. The Hall–Kier alpha value is -2.86. The van der Waals surface area contributed by atoms with E-state index in [1.165, 1.54) is 19.3 Å². The fourth-order valence-electron chi connectivity index (χ4n) is 4.07. The highest BCUT2D eigenvalue weighted by Gasteiger charge is 2.23. The lowest BCUT2D eigenvalue weighted by Gasteiger charge is -2.26. The van der Waals surface area contributed by atoms with Crippen LogP contribution in [0.2, 0.25) is 0 Å². The molecule has 1 saturated heterocycles. The number of hydrogen-bond acceptors (Lipinski definition) is 4. The zero-order chi connectivity index (χ0) is 20.8. The van der Waals surface area contributed by atoms with Gasteiger partial charge in [-0.25, -0.2) is 0 Å². The molecule has 2 aliphatic heterocycles. The number of ether oxygens (including phenoxy) is 1. The molecule has 0 saturated carbocycles. The van der Waals surface area contributed by atoms with Gasteiger partial charge in [-0.05, 0) is 49.7 Å². The summed E-state index contributed by atoms with van der Waals surface area (Å²) < 4.78 is 5.69. The summed E-state index contributed by atoms with van der Waals surface area (Å²) in [4.78, 5) is 29.3. The highest BCUT2D eigenvalue weighted by Crippen LogP contribution is 2.25. The van der Waals surface area contributed by atoms with E-state index in [1.54, 1.807) is 17.0 Å². The van der Waals surface area contributed by atoms with Crippen LogP contribution in [-0.4, -0.2) is 54.4 Å². The van der Waals surface area contributed by atoms with Crippen LogP contribution < -0.4 is 10.1 Å². The van der Waals surface area contributed by atoms with Crippen molar-refractivity contribution in [2.45, 2.75) is 32.4 Å². The predicted octanol–water partition coefficient (Wildman–Crippen LogP) is 2.82. The van der Waals surface area contributed by atoms with Crippen molar-refractivity contribution in [2.24, 2.45) is 0 Å². The molecule has 0 bridgehead atoms. The van der Waals surface area contributed by atoms with Crippen molar-refractivity contribution in [2.75, 3.05) is 32.8 Å². The number of benzene rings is 2. The SMILES string of the molecule is O=C(NCCN1CCCCC1)c1ccc2c(c1)CN(Cc1ccccc1)C(=O)CO2. The molecule has 2 heterocycles. The van der Waals surface area contributed by atoms with E-state index < -0.39 is 0 Å². The summed E-state index contributed by atoms with van der Waals surface area (Å²) in [6.45, 7) is 4.74. The zero-order valence-electron chi connectivity index (χ0n) is 17.3. The molecule has 2 aliphatic rings. The number of amides is 2. The quantitative estimate of drug-likeness (QED) is 0.800. The largest absolute Gasteiger partial charge is 0.483 e. The fourth-order valence-corrected chi connectivity index (χ4v) is 4.07. The van der Waals surface area contributed by atoms with E-state index in [-0.39, 0.29) is 18.4 Å². The van der Waals surface area contributed by atoms with Crippen LogP contribution in [0.4, 0.5) is 0 Å². The summed E-state index contributed by atoms with van der Waals surface area (Å²) in [6.07, 6.45) is 3.80. The number of fused-ring (bicyclic) bond motifs is 1. The first-order valence-corrected chi connectivity index (χ1v) is 10.8. The molecule has 1 fully saturated rings. The molecule has 30 heavy (non-hydrogen) atoms. The molecule has 0 aromatic heterocycles. The number of nitrogens with one attached hydrogen (secondary N) is 1. The first-order chi connectivity index (χ1) is 14.7. The van der Waals surface area contributed by atoms with Crippen LogP contribution in [-0.2, 0) is 17.9 Å². The Balaban J connectivity index is 1.39. The van der Waals surface area contributed by atoms with Crippen LogP contribution in [0.25, 0.3) is 0 Å². The van der Waals surface area contributed by atoms with Crippen molar-refractivity contribution in [1.29, 1.82) is 0 Å². The Morgan fingerprint density at radius 2 is 1.83 bits per heavy atom. The van der Waals surface area contributed by atoms with E-state index >= 15 is 0 Å². The second kappa shape index (κ2) is 9.76. The van der Waals surface area contributed by atoms with Crippen LogP contribution >= 0.6 is 0 Å². The average Bonchev–Trinajstić information content (AvgIpc) is 2.93. The Morgan fingerprint density at radius 1 is 1.03 bits per heavy atom. The molecule has 158 valence electrons. The van der Waals surface area contributed by atoms with Crippen molar-refractivity contribution < 1.29 is 14.3 Å². The molecule has 0 unspecified atom stereocenters. The standard InChI is InChI=1S/C24H29N3O3/c28-23-18-30-22-10-9-20(24(29)25-11-14-26-12-5-2-6-13-26)15-21(22)17-27(23)16-19-7-3-1-4-8-19/h1,3-4,7-10,15H,2,5-6,11-14,16-18H2,(H,25,29). The van der Waals surface area contributed by atoms with Gasteiger partial charge in [0.05, 0.1) is 0 Å². The molecule has 6 heteroatoms. The third kappa shape index (κ3) is 5.19. The minimum atomic E-state index is -0.0833. The summed E-state index contributed by atoms with van der Waals surface area (Å²) in [5.41, 5.74) is 2.53. The maximum Gasteiger partial charge on any atom is 0.261 e. The third-order valence-corrected chi connectivity index (χ3v) is 5.77. The monoisotopic (exact) mass is 407 g/mol. The summed E-state index contributed by atoms with van der Waals surface area (Å²) in [5.74, 6) is 0.534. The fraction of sp³-hybridized carbons (Fsp3) is 0.417. The van der Waals surface area contributed by atoms with E-state index in [9.17, 15) is 9.59 Å². The van der Waals surface area contributed by atoms with E-state index in [2.05, 4.69) is 10.2 Å². The number of nitrogens with zero attached hydrogens (tertiary/aromatic N) is 2. The topological polar surface area (TPSA) is 61.9 Å². The van der Waals surface area contributed by atoms with Gasteiger partial charge in [-0.2, -0.15) is 0 Å². The maximum absolute atomic E-state index is 12.6. The number of rotatable bonds is 6.